The molecule has 0 aliphatic carbocycles. The Morgan fingerprint density at radius 3 is 2.58 bits per heavy atom. The number of hydrogen-bond acceptors (Lipinski definition) is 3. The first-order valence-electron chi connectivity index (χ1n) is 8.55. The van der Waals surface area contributed by atoms with Crippen molar-refractivity contribution in [1.82, 2.24) is 0 Å². The fourth-order valence-corrected chi connectivity index (χ4v) is 3.29. The monoisotopic (exact) mass is 325 g/mol. The number of phenolic OH excluding ortho intramolecular Hbond substituents is 1. The molecule has 0 amide bonds. The maximum absolute atomic E-state index is 10.2. The molecule has 2 atom stereocenters. The number of rotatable bonds is 5. The molecule has 1 aliphatic heterocycles. The lowest BCUT2D eigenvalue weighted by Crippen LogP contribution is -2.91. The van der Waals surface area contributed by atoms with E-state index in [1.54, 1.807) is 13.2 Å². The van der Waals surface area contributed by atoms with Gasteiger partial charge in [0.2, 0.25) is 0 Å². The Kier molecular flexibility index (Phi) is 5.16. The highest BCUT2D eigenvalue weighted by Crippen LogP contribution is 2.27. The van der Waals surface area contributed by atoms with E-state index >= 15 is 0 Å². The molecule has 126 valence electrons. The van der Waals surface area contributed by atoms with Crippen molar-refractivity contribution in [3.8, 4) is 11.5 Å². The number of nitrogens with zero attached hydrogens (tertiary/aromatic N) is 1. The van der Waals surface area contributed by atoms with Crippen LogP contribution in [0.5, 0.6) is 11.5 Å². The van der Waals surface area contributed by atoms with Gasteiger partial charge in [-0.2, -0.15) is 0 Å². The fourth-order valence-electron chi connectivity index (χ4n) is 3.29. The van der Waals surface area contributed by atoms with Gasteiger partial charge < -0.3 is 15.2 Å². The summed E-state index contributed by atoms with van der Waals surface area (Å²) < 4.78 is 5.24. The molecular formula is C20H25N2O2+. The van der Waals surface area contributed by atoms with Gasteiger partial charge in [-0.3, -0.25) is 0 Å². The standard InChI is InChI=1S/C20H24N2O2/c1-3-6-20-21-17(14-9-11-15(24-2)12-10-14)13-18(22-20)16-7-4-5-8-19(16)23/h4-5,7-12,18,20,22-23H,3,6,13H2,1-2H3/p+1/t18-,20+/m0/s1. The summed E-state index contributed by atoms with van der Waals surface area (Å²) in [5, 5.41) is 12.5. The number of para-hydroxylation sites is 1. The lowest BCUT2D eigenvalue weighted by atomic mass is 9.94. The highest BCUT2D eigenvalue weighted by Gasteiger charge is 2.29. The highest BCUT2D eigenvalue weighted by atomic mass is 16.5. The number of phenols is 1. The molecule has 0 bridgehead atoms. The summed E-state index contributed by atoms with van der Waals surface area (Å²) in [6.07, 6.45) is 3.13. The molecule has 0 fully saturated rings. The van der Waals surface area contributed by atoms with Gasteiger partial charge in [-0.15, -0.1) is 0 Å². The molecule has 0 radical (unpaired) electrons. The van der Waals surface area contributed by atoms with Crippen molar-refractivity contribution in [3.63, 3.8) is 0 Å². The summed E-state index contributed by atoms with van der Waals surface area (Å²) in [7, 11) is 1.67. The van der Waals surface area contributed by atoms with Crippen LogP contribution in [0.1, 0.15) is 43.4 Å². The van der Waals surface area contributed by atoms with Crippen LogP contribution in [-0.4, -0.2) is 24.1 Å². The van der Waals surface area contributed by atoms with Gasteiger partial charge in [-0.25, -0.2) is 4.99 Å². The molecule has 2 aromatic rings. The molecule has 0 unspecified atom stereocenters. The van der Waals surface area contributed by atoms with Crippen molar-refractivity contribution in [2.24, 2.45) is 4.99 Å². The Bertz CT molecular complexity index is 710. The normalized spacial score (nSPS) is 20.5. The fraction of sp³-hybridized carbons (Fsp3) is 0.350. The smallest absolute Gasteiger partial charge is 0.180 e. The van der Waals surface area contributed by atoms with Gasteiger partial charge in [0.25, 0.3) is 0 Å². The summed E-state index contributed by atoms with van der Waals surface area (Å²) in [5.41, 5.74) is 3.22. The van der Waals surface area contributed by atoms with Gasteiger partial charge >= 0.3 is 0 Å². The largest absolute Gasteiger partial charge is 0.507 e. The summed E-state index contributed by atoms with van der Waals surface area (Å²) >= 11 is 0. The molecule has 1 heterocycles. The Hall–Kier alpha value is -2.33. The lowest BCUT2D eigenvalue weighted by molar-refractivity contribution is -0.729. The molecule has 0 spiro atoms. The van der Waals surface area contributed by atoms with Gasteiger partial charge in [0.05, 0.1) is 18.4 Å². The van der Waals surface area contributed by atoms with Crippen molar-refractivity contribution in [3.05, 3.63) is 59.7 Å². The Labute approximate surface area is 143 Å². The molecule has 2 aromatic carbocycles. The maximum Gasteiger partial charge on any atom is 0.180 e. The third kappa shape index (κ3) is 3.60. The van der Waals surface area contributed by atoms with Crippen molar-refractivity contribution >= 4 is 5.71 Å². The Morgan fingerprint density at radius 2 is 1.92 bits per heavy atom. The summed E-state index contributed by atoms with van der Waals surface area (Å²) in [5.74, 6) is 1.22. The van der Waals surface area contributed by atoms with Gasteiger partial charge in [0.1, 0.15) is 17.5 Å². The number of benzene rings is 2. The van der Waals surface area contributed by atoms with Gasteiger partial charge in [0.15, 0.2) is 6.17 Å². The van der Waals surface area contributed by atoms with Crippen LogP contribution < -0.4 is 10.1 Å². The van der Waals surface area contributed by atoms with Crippen LogP contribution in [0, 0.1) is 0 Å². The second-order valence-corrected chi connectivity index (χ2v) is 6.22. The second kappa shape index (κ2) is 7.49. The number of nitrogens with two attached hydrogens (primary N) is 1. The minimum Gasteiger partial charge on any atom is -0.507 e. The molecule has 4 nitrogen and oxygen atoms in total. The van der Waals surface area contributed by atoms with Crippen LogP contribution >= 0.6 is 0 Å². The van der Waals surface area contributed by atoms with Crippen molar-refractivity contribution in [2.45, 2.75) is 38.4 Å². The first-order chi connectivity index (χ1) is 11.7. The van der Waals surface area contributed by atoms with E-state index in [0.29, 0.717) is 5.75 Å². The quantitative estimate of drug-likeness (QED) is 0.888. The van der Waals surface area contributed by atoms with E-state index in [4.69, 9.17) is 9.73 Å². The molecule has 1 aliphatic rings. The molecule has 3 rings (SSSR count). The van der Waals surface area contributed by atoms with Crippen molar-refractivity contribution in [1.29, 1.82) is 0 Å². The summed E-state index contributed by atoms with van der Waals surface area (Å²) in [6.45, 7) is 2.18. The predicted molar refractivity (Wildman–Crippen MR) is 95.6 cm³/mol. The van der Waals surface area contributed by atoms with E-state index in [1.165, 1.54) is 0 Å². The minimum atomic E-state index is 0.192. The highest BCUT2D eigenvalue weighted by molar-refractivity contribution is 6.01. The zero-order chi connectivity index (χ0) is 16.9. The van der Waals surface area contributed by atoms with E-state index < -0.39 is 0 Å². The number of aromatic hydroxyl groups is 1. The lowest BCUT2D eigenvalue weighted by Gasteiger charge is -2.27. The molecular weight excluding hydrogens is 300 g/mol. The Balaban J connectivity index is 1.90. The van der Waals surface area contributed by atoms with E-state index in [-0.39, 0.29) is 12.2 Å². The number of aliphatic imine (C=N–C) groups is 1. The van der Waals surface area contributed by atoms with E-state index in [0.717, 1.165) is 41.9 Å². The average Bonchev–Trinajstić information content (AvgIpc) is 2.62. The van der Waals surface area contributed by atoms with Gasteiger partial charge in [-0.05, 0) is 48.4 Å². The van der Waals surface area contributed by atoms with E-state index in [2.05, 4.69) is 24.4 Å². The van der Waals surface area contributed by atoms with Crippen molar-refractivity contribution in [2.75, 3.05) is 7.11 Å². The second-order valence-electron chi connectivity index (χ2n) is 6.22. The number of hydrogen-bond donors (Lipinski definition) is 2. The third-order valence-electron chi connectivity index (χ3n) is 4.53. The third-order valence-corrected chi connectivity index (χ3v) is 4.53. The van der Waals surface area contributed by atoms with E-state index in [9.17, 15) is 5.11 Å². The first kappa shape index (κ1) is 16.5. The van der Waals surface area contributed by atoms with Gasteiger partial charge in [-0.1, -0.05) is 19.1 Å². The van der Waals surface area contributed by atoms with Crippen LogP contribution in [0.4, 0.5) is 0 Å². The molecule has 4 heteroatoms. The molecule has 0 aromatic heterocycles. The Morgan fingerprint density at radius 1 is 1.17 bits per heavy atom. The minimum absolute atomic E-state index is 0.192. The average molecular weight is 325 g/mol. The van der Waals surface area contributed by atoms with Crippen molar-refractivity contribution < 1.29 is 15.2 Å². The molecule has 24 heavy (non-hydrogen) atoms. The van der Waals surface area contributed by atoms with E-state index in [1.807, 2.05) is 30.3 Å². The molecule has 0 saturated carbocycles. The SMILES string of the molecule is CCC[C@@H]1N=C(c2ccc(OC)cc2)C[C@@H](c2ccccc2O)[NH2+]1. The number of methoxy groups -OCH3 is 1. The van der Waals surface area contributed by atoms with Gasteiger partial charge in [0, 0.05) is 12.8 Å². The van der Waals surface area contributed by atoms with Crippen LogP contribution in [0.3, 0.4) is 0 Å². The maximum atomic E-state index is 10.2. The van der Waals surface area contributed by atoms with Crippen LogP contribution in [0.15, 0.2) is 53.5 Å². The zero-order valence-electron chi connectivity index (χ0n) is 14.3. The summed E-state index contributed by atoms with van der Waals surface area (Å²) in [4.78, 5) is 4.94. The first-order valence-corrected chi connectivity index (χ1v) is 8.55. The number of ether oxygens (including phenoxy) is 1. The van der Waals surface area contributed by atoms with Crippen LogP contribution in [0.2, 0.25) is 0 Å². The summed E-state index contributed by atoms with van der Waals surface area (Å²) in [6, 6.07) is 15.9. The van der Waals surface area contributed by atoms with Crippen LogP contribution in [-0.2, 0) is 0 Å². The zero-order valence-corrected chi connectivity index (χ0v) is 14.3. The van der Waals surface area contributed by atoms with Crippen LogP contribution in [0.25, 0.3) is 0 Å². The predicted octanol–water partition coefficient (Wildman–Crippen LogP) is 3.02. The topological polar surface area (TPSA) is 58.4 Å². The molecule has 0 saturated heterocycles. The molecule has 3 N–H and O–H groups in total. The number of quaternary nitrogens is 1.